The number of carbonyl (C=O) groups is 2. The van der Waals surface area contributed by atoms with Crippen LogP contribution in [0.1, 0.15) is 113 Å². The Kier molecular flexibility index (Phi) is 4.30. The Balaban J connectivity index is 1.48. The average molecular weight is 455 g/mol. The van der Waals surface area contributed by atoms with Crippen molar-refractivity contribution in [1.29, 1.82) is 0 Å². The van der Waals surface area contributed by atoms with Crippen molar-refractivity contribution in [3.05, 3.63) is 0 Å². The highest BCUT2D eigenvalue weighted by atomic mass is 16.6. The second-order valence-electron chi connectivity index (χ2n) is 15.3. The monoisotopic (exact) mass is 454 g/mol. The number of fused-ring (bicyclic) bond motifs is 4. The van der Waals surface area contributed by atoms with Crippen LogP contribution in [0, 0.1) is 56.2 Å². The number of hydrogen-bond donors (Lipinski definition) is 0. The fourth-order valence-electron chi connectivity index (χ4n) is 11.6. The van der Waals surface area contributed by atoms with Gasteiger partial charge in [0.15, 0.2) is 0 Å². The summed E-state index contributed by atoms with van der Waals surface area (Å²) in [5.41, 5.74) is 0.471. The summed E-state index contributed by atoms with van der Waals surface area (Å²) < 4.78 is 6.50. The number of carbonyl (C=O) groups excluding carboxylic acids is 2. The minimum atomic E-state index is -0.325. The van der Waals surface area contributed by atoms with Crippen LogP contribution >= 0.6 is 0 Å². The summed E-state index contributed by atoms with van der Waals surface area (Å²) in [5, 5.41) is 0. The number of ketones is 1. The SMILES string of the molecule is C[C@H]1C(=O)CC[C@@H]2[C@]1(C)CC[C@H]1[C@@]2(C)C[C@H]2OC(=O)[C@@]13CC[C@@]1(C)CCC(C)(C)C[C@@H]1[C@]23C. The van der Waals surface area contributed by atoms with Gasteiger partial charge in [-0.2, -0.15) is 0 Å². The summed E-state index contributed by atoms with van der Waals surface area (Å²) in [5.74, 6) is 2.23. The Morgan fingerprint density at radius 3 is 2.18 bits per heavy atom. The molecule has 0 aromatic rings. The van der Waals surface area contributed by atoms with Gasteiger partial charge >= 0.3 is 5.97 Å². The minimum absolute atomic E-state index is 0.0417. The zero-order valence-corrected chi connectivity index (χ0v) is 22.2. The van der Waals surface area contributed by atoms with Crippen LogP contribution in [0.25, 0.3) is 0 Å². The summed E-state index contributed by atoms with van der Waals surface area (Å²) in [7, 11) is 0. The van der Waals surface area contributed by atoms with Gasteiger partial charge < -0.3 is 4.74 Å². The summed E-state index contributed by atoms with van der Waals surface area (Å²) in [6, 6.07) is 0. The van der Waals surface area contributed by atoms with E-state index in [1.165, 1.54) is 25.7 Å². The molecular weight excluding hydrogens is 408 g/mol. The van der Waals surface area contributed by atoms with E-state index in [2.05, 4.69) is 48.5 Å². The number of ether oxygens (including phenoxy) is 1. The van der Waals surface area contributed by atoms with Gasteiger partial charge in [0.2, 0.25) is 0 Å². The van der Waals surface area contributed by atoms with Crippen molar-refractivity contribution >= 4 is 11.8 Å². The molecule has 5 aliphatic carbocycles. The molecule has 1 heterocycles. The molecule has 2 bridgehead atoms. The standard InChI is InChI=1S/C30H46O3/c1-18-19(31)8-9-20-27(18,5)11-10-21-28(20,6)17-23-29(7)22-16-25(2,3)12-13-26(22,4)14-15-30(21,29)24(32)33-23/h18,20-23H,8-17H2,1-7H3/t18-,20+,21-,22-,23+,26+,27+,28-,29+,30+/m0/s1. The molecule has 0 N–H and O–H groups in total. The maximum Gasteiger partial charge on any atom is 0.313 e. The second kappa shape index (κ2) is 6.28. The van der Waals surface area contributed by atoms with E-state index >= 15 is 0 Å². The van der Waals surface area contributed by atoms with Gasteiger partial charge in [0.1, 0.15) is 11.9 Å². The lowest BCUT2D eigenvalue weighted by Gasteiger charge is -2.72. The van der Waals surface area contributed by atoms with Crippen LogP contribution in [0.5, 0.6) is 0 Å². The lowest BCUT2D eigenvalue weighted by molar-refractivity contribution is -0.249. The van der Waals surface area contributed by atoms with E-state index in [-0.39, 0.29) is 39.7 Å². The topological polar surface area (TPSA) is 43.4 Å². The minimum Gasteiger partial charge on any atom is -0.461 e. The predicted molar refractivity (Wildman–Crippen MR) is 129 cm³/mol. The third kappa shape index (κ3) is 2.39. The first-order valence-electron chi connectivity index (χ1n) is 14.0. The van der Waals surface area contributed by atoms with E-state index in [0.29, 0.717) is 34.4 Å². The van der Waals surface area contributed by atoms with Gasteiger partial charge in [-0.3, -0.25) is 9.59 Å². The van der Waals surface area contributed by atoms with Crippen molar-refractivity contribution in [3.63, 3.8) is 0 Å². The fraction of sp³-hybridized carbons (Fsp3) is 0.933. The Labute approximate surface area is 201 Å². The van der Waals surface area contributed by atoms with E-state index < -0.39 is 0 Å². The Morgan fingerprint density at radius 2 is 1.45 bits per heavy atom. The first-order chi connectivity index (χ1) is 15.2. The Hall–Kier alpha value is -0.860. The lowest BCUT2D eigenvalue weighted by atomic mass is 9.30. The molecule has 3 nitrogen and oxygen atoms in total. The highest BCUT2D eigenvalue weighted by Crippen LogP contribution is 2.81. The van der Waals surface area contributed by atoms with Crippen molar-refractivity contribution in [2.45, 2.75) is 119 Å². The van der Waals surface area contributed by atoms with Crippen LogP contribution in [0.15, 0.2) is 0 Å². The first-order valence-corrected chi connectivity index (χ1v) is 14.0. The molecule has 33 heavy (non-hydrogen) atoms. The van der Waals surface area contributed by atoms with Gasteiger partial charge in [-0.25, -0.2) is 0 Å². The molecule has 5 saturated carbocycles. The molecule has 6 aliphatic rings. The summed E-state index contributed by atoms with van der Waals surface area (Å²) >= 11 is 0. The smallest absolute Gasteiger partial charge is 0.313 e. The third-order valence-corrected chi connectivity index (χ3v) is 13.8. The summed E-state index contributed by atoms with van der Waals surface area (Å²) in [6.45, 7) is 17.0. The number of rotatable bonds is 0. The molecular formula is C30H46O3. The predicted octanol–water partition coefficient (Wildman–Crippen LogP) is 6.97. The molecule has 0 amide bonds. The summed E-state index contributed by atoms with van der Waals surface area (Å²) in [4.78, 5) is 26.8. The van der Waals surface area contributed by atoms with E-state index in [1.54, 1.807) is 0 Å². The number of Topliss-reactive ketones (excluding diaryl/α,β-unsaturated/α-hetero) is 1. The molecule has 0 radical (unpaired) electrons. The van der Waals surface area contributed by atoms with Crippen molar-refractivity contribution in [3.8, 4) is 0 Å². The van der Waals surface area contributed by atoms with Crippen molar-refractivity contribution in [2.24, 2.45) is 56.2 Å². The third-order valence-electron chi connectivity index (χ3n) is 13.8. The highest BCUT2D eigenvalue weighted by molar-refractivity contribution is 5.84. The van der Waals surface area contributed by atoms with Crippen LogP contribution in [0.4, 0.5) is 0 Å². The van der Waals surface area contributed by atoms with Gasteiger partial charge in [-0.15, -0.1) is 0 Å². The van der Waals surface area contributed by atoms with Crippen molar-refractivity contribution < 1.29 is 14.3 Å². The zero-order valence-electron chi connectivity index (χ0n) is 22.2. The number of hydrogen-bond acceptors (Lipinski definition) is 3. The molecule has 3 heteroatoms. The van der Waals surface area contributed by atoms with E-state index in [4.69, 9.17) is 4.74 Å². The average Bonchev–Trinajstić information content (AvgIpc) is 2.87. The van der Waals surface area contributed by atoms with Gasteiger partial charge in [-0.1, -0.05) is 48.5 Å². The van der Waals surface area contributed by atoms with Crippen LogP contribution in [0.3, 0.4) is 0 Å². The van der Waals surface area contributed by atoms with E-state index in [1.807, 2.05) is 0 Å². The van der Waals surface area contributed by atoms with Gasteiger partial charge in [0.25, 0.3) is 0 Å². The molecule has 0 aromatic carbocycles. The van der Waals surface area contributed by atoms with E-state index in [9.17, 15) is 9.59 Å². The summed E-state index contributed by atoms with van der Waals surface area (Å²) in [6.07, 6.45) is 11.0. The molecule has 1 aliphatic heterocycles. The van der Waals surface area contributed by atoms with Crippen LogP contribution in [-0.4, -0.2) is 17.9 Å². The lowest BCUT2D eigenvalue weighted by Crippen LogP contribution is -2.70. The maximum absolute atomic E-state index is 14.0. The first kappa shape index (κ1) is 22.6. The molecule has 6 fully saturated rings. The number of esters is 1. The molecule has 1 saturated heterocycles. The largest absolute Gasteiger partial charge is 0.461 e. The van der Waals surface area contributed by atoms with E-state index in [0.717, 1.165) is 38.5 Å². The quantitative estimate of drug-likeness (QED) is 0.371. The van der Waals surface area contributed by atoms with Crippen LogP contribution in [0.2, 0.25) is 0 Å². The normalized spacial score (nSPS) is 59.1. The molecule has 0 unspecified atom stereocenters. The Morgan fingerprint density at radius 1 is 0.758 bits per heavy atom. The molecule has 0 aromatic heterocycles. The Bertz CT molecular complexity index is 922. The van der Waals surface area contributed by atoms with Gasteiger partial charge in [0, 0.05) is 17.8 Å². The van der Waals surface area contributed by atoms with Gasteiger partial charge in [0.05, 0.1) is 5.41 Å². The molecule has 6 rings (SSSR count). The highest BCUT2D eigenvalue weighted by Gasteiger charge is 2.81. The van der Waals surface area contributed by atoms with Crippen molar-refractivity contribution in [1.82, 2.24) is 0 Å². The van der Waals surface area contributed by atoms with Crippen LogP contribution < -0.4 is 0 Å². The zero-order chi connectivity index (χ0) is 23.8. The van der Waals surface area contributed by atoms with Crippen molar-refractivity contribution in [2.75, 3.05) is 0 Å². The molecule has 0 spiro atoms. The molecule has 184 valence electrons. The fourth-order valence-corrected chi connectivity index (χ4v) is 11.6. The maximum atomic E-state index is 14.0. The van der Waals surface area contributed by atoms with Gasteiger partial charge in [-0.05, 0) is 97.2 Å². The molecule has 10 atom stereocenters. The van der Waals surface area contributed by atoms with Crippen LogP contribution in [-0.2, 0) is 14.3 Å². The second-order valence-corrected chi connectivity index (χ2v) is 15.3.